The fourth-order valence-corrected chi connectivity index (χ4v) is 11.0. The number of aromatic nitrogens is 4. The molecule has 0 amide bonds. The lowest BCUT2D eigenvalue weighted by molar-refractivity contribution is 0.474. The normalized spacial score (nSPS) is 13.6. The summed E-state index contributed by atoms with van der Waals surface area (Å²) in [6.07, 6.45) is 1.75. The Labute approximate surface area is 366 Å². The molecule has 1 spiro atoms. The van der Waals surface area contributed by atoms with Crippen LogP contribution in [0.5, 0.6) is 23.0 Å². The zero-order chi connectivity index (χ0) is 41.3. The Morgan fingerprint density at radius 2 is 0.919 bits per heavy atom. The second kappa shape index (κ2) is 13.1. The molecule has 62 heavy (non-hydrogen) atoms. The molecule has 8 aromatic carbocycles. The van der Waals surface area contributed by atoms with Gasteiger partial charge in [-0.15, -0.1) is 0 Å². The van der Waals surface area contributed by atoms with Crippen LogP contribution in [-0.4, -0.2) is 19.1 Å². The molecule has 296 valence electrons. The van der Waals surface area contributed by atoms with Gasteiger partial charge in [0.2, 0.25) is 0 Å². The maximum Gasteiger partial charge on any atom is 0.153 e. The highest BCUT2D eigenvalue weighted by molar-refractivity contribution is 9.10. The lowest BCUT2D eigenvalue weighted by Crippen LogP contribution is -2.25. The van der Waals surface area contributed by atoms with Gasteiger partial charge in [-0.05, 0) is 116 Å². The average Bonchev–Trinajstić information content (AvgIpc) is 4.06. The van der Waals surface area contributed by atoms with E-state index in [4.69, 9.17) is 19.4 Å². The van der Waals surface area contributed by atoms with Gasteiger partial charge in [-0.3, -0.25) is 9.13 Å². The molecule has 2 aliphatic heterocycles. The van der Waals surface area contributed by atoms with Crippen LogP contribution in [0.15, 0.2) is 168 Å². The number of halogens is 1. The van der Waals surface area contributed by atoms with Crippen molar-refractivity contribution in [3.05, 3.63) is 202 Å². The number of fused-ring (bicyclic) bond motifs is 14. The van der Waals surface area contributed by atoms with Crippen molar-refractivity contribution in [2.24, 2.45) is 0 Å². The molecule has 0 unspecified atom stereocenters. The number of rotatable bonds is 3. The SMILES string of the molecule is CCc1nc2cccc3c2n1-c1ccc(-c2ccc4c(c2)C2(c5ccccc5-c5ccccc52)c2ccccc2-4)cc1O3.CCc1nc2cccc3c2n1-c1ccc(Br)cc1O3. The maximum atomic E-state index is 6.54. The van der Waals surface area contributed by atoms with Crippen LogP contribution in [0.4, 0.5) is 0 Å². The number of benzene rings is 8. The first-order valence-corrected chi connectivity index (χ1v) is 22.1. The number of aryl methyl sites for hydroxylation is 2. The van der Waals surface area contributed by atoms with Gasteiger partial charge in [0.1, 0.15) is 22.7 Å². The molecule has 0 saturated carbocycles. The topological polar surface area (TPSA) is 54.1 Å². The number of ether oxygens (including phenoxy) is 2. The molecule has 4 heterocycles. The van der Waals surface area contributed by atoms with Crippen LogP contribution < -0.4 is 9.47 Å². The Morgan fingerprint density at radius 3 is 1.47 bits per heavy atom. The molecule has 4 aliphatic rings. The summed E-state index contributed by atoms with van der Waals surface area (Å²) in [5.74, 6) is 5.57. The highest BCUT2D eigenvalue weighted by Gasteiger charge is 2.51. The van der Waals surface area contributed by atoms with Crippen LogP contribution in [0.25, 0.3) is 66.8 Å². The molecule has 0 saturated heterocycles. The van der Waals surface area contributed by atoms with Crippen molar-refractivity contribution in [3.8, 4) is 67.8 Å². The molecule has 10 aromatic rings. The van der Waals surface area contributed by atoms with E-state index in [1.54, 1.807) is 0 Å². The summed E-state index contributed by atoms with van der Waals surface area (Å²) < 4.78 is 18.0. The minimum Gasteiger partial charge on any atom is -0.453 e. The molecular weight excluding hydrogens is 829 g/mol. The molecule has 2 aliphatic carbocycles. The molecular formula is C55H37BrN4O2. The van der Waals surface area contributed by atoms with Crippen molar-refractivity contribution in [2.45, 2.75) is 32.1 Å². The molecule has 14 rings (SSSR count). The third-order valence-electron chi connectivity index (χ3n) is 13.2. The number of para-hydroxylation sites is 2. The molecule has 0 fully saturated rings. The Balaban J connectivity index is 0.000000172. The number of hydrogen-bond acceptors (Lipinski definition) is 4. The fourth-order valence-electron chi connectivity index (χ4n) is 10.7. The zero-order valence-electron chi connectivity index (χ0n) is 34.0. The number of imidazole rings is 2. The fraction of sp³-hybridized carbons (Fsp3) is 0.0909. The molecule has 0 bridgehead atoms. The van der Waals surface area contributed by atoms with E-state index in [9.17, 15) is 0 Å². The first-order chi connectivity index (χ1) is 30.5. The summed E-state index contributed by atoms with van der Waals surface area (Å²) in [5, 5.41) is 0. The lowest BCUT2D eigenvalue weighted by Gasteiger charge is -2.30. The van der Waals surface area contributed by atoms with Gasteiger partial charge in [0.15, 0.2) is 23.0 Å². The van der Waals surface area contributed by atoms with Crippen molar-refractivity contribution < 1.29 is 9.47 Å². The smallest absolute Gasteiger partial charge is 0.153 e. The quantitative estimate of drug-likeness (QED) is 0.178. The second-order valence-corrected chi connectivity index (χ2v) is 17.2. The van der Waals surface area contributed by atoms with E-state index in [1.165, 1.54) is 50.1 Å². The minimum atomic E-state index is -0.350. The summed E-state index contributed by atoms with van der Waals surface area (Å²) in [6.45, 7) is 4.28. The van der Waals surface area contributed by atoms with Crippen molar-refractivity contribution in [1.29, 1.82) is 0 Å². The Morgan fingerprint density at radius 1 is 0.452 bits per heavy atom. The summed E-state index contributed by atoms with van der Waals surface area (Å²) in [4.78, 5) is 9.60. The van der Waals surface area contributed by atoms with E-state index in [-0.39, 0.29) is 5.41 Å². The van der Waals surface area contributed by atoms with Crippen LogP contribution in [0.3, 0.4) is 0 Å². The molecule has 0 N–H and O–H groups in total. The van der Waals surface area contributed by atoms with Gasteiger partial charge in [-0.2, -0.15) is 0 Å². The first-order valence-electron chi connectivity index (χ1n) is 21.3. The van der Waals surface area contributed by atoms with E-state index in [1.807, 2.05) is 42.5 Å². The van der Waals surface area contributed by atoms with Gasteiger partial charge in [0.25, 0.3) is 0 Å². The third-order valence-corrected chi connectivity index (χ3v) is 13.7. The Kier molecular flexibility index (Phi) is 7.53. The van der Waals surface area contributed by atoms with Crippen molar-refractivity contribution >= 4 is 38.0 Å². The van der Waals surface area contributed by atoms with Gasteiger partial charge in [-0.25, -0.2) is 9.97 Å². The molecule has 0 atom stereocenters. The van der Waals surface area contributed by atoms with E-state index in [0.717, 1.165) is 91.0 Å². The largest absolute Gasteiger partial charge is 0.453 e. The maximum absolute atomic E-state index is 6.54. The number of hydrogen-bond donors (Lipinski definition) is 0. The summed E-state index contributed by atoms with van der Waals surface area (Å²) in [6, 6.07) is 58.8. The van der Waals surface area contributed by atoms with Crippen molar-refractivity contribution in [2.75, 3.05) is 0 Å². The monoisotopic (exact) mass is 864 g/mol. The van der Waals surface area contributed by atoms with E-state index in [0.29, 0.717) is 0 Å². The summed E-state index contributed by atoms with van der Waals surface area (Å²) in [5.41, 5.74) is 18.9. The van der Waals surface area contributed by atoms with Gasteiger partial charge in [0, 0.05) is 17.3 Å². The standard InChI is InChI=1S/C40H26N2O.C15H11BrN2O/c1-2-38-41-34-16-9-17-36-39(34)42(38)35-21-19-25(23-37(35)43-36)24-18-20-29-28-12-5-8-15-32(28)40(33(29)22-24)30-13-6-3-10-26(30)27-11-4-7-14-31(27)40;1-2-14-17-10-4-3-5-12-15(10)18(14)11-7-6-9(16)8-13(11)19-12/h3-23H,2H2,1H3;3-8H,2H2,1H3. The average molecular weight is 866 g/mol. The molecule has 6 nitrogen and oxygen atoms in total. The predicted molar refractivity (Wildman–Crippen MR) is 250 cm³/mol. The van der Waals surface area contributed by atoms with Crippen molar-refractivity contribution in [3.63, 3.8) is 0 Å². The summed E-state index contributed by atoms with van der Waals surface area (Å²) in [7, 11) is 0. The van der Waals surface area contributed by atoms with Crippen LogP contribution in [-0.2, 0) is 18.3 Å². The Hall–Kier alpha value is -7.22. The molecule has 0 radical (unpaired) electrons. The van der Waals surface area contributed by atoms with Crippen LogP contribution >= 0.6 is 15.9 Å². The molecule has 2 aromatic heterocycles. The van der Waals surface area contributed by atoms with E-state index >= 15 is 0 Å². The highest BCUT2D eigenvalue weighted by Crippen LogP contribution is 2.63. The number of nitrogens with zero attached hydrogens (tertiary/aromatic N) is 4. The minimum absolute atomic E-state index is 0.350. The highest BCUT2D eigenvalue weighted by atomic mass is 79.9. The van der Waals surface area contributed by atoms with Gasteiger partial charge < -0.3 is 9.47 Å². The molecule has 7 heteroatoms. The van der Waals surface area contributed by atoms with Gasteiger partial charge >= 0.3 is 0 Å². The van der Waals surface area contributed by atoms with E-state index < -0.39 is 0 Å². The zero-order valence-corrected chi connectivity index (χ0v) is 35.6. The van der Waals surface area contributed by atoms with Crippen LogP contribution in [0, 0.1) is 0 Å². The summed E-state index contributed by atoms with van der Waals surface area (Å²) >= 11 is 3.49. The van der Waals surface area contributed by atoms with Crippen LogP contribution in [0.1, 0.15) is 47.8 Å². The van der Waals surface area contributed by atoms with E-state index in [2.05, 4.69) is 160 Å². The van der Waals surface area contributed by atoms with Crippen molar-refractivity contribution in [1.82, 2.24) is 19.1 Å². The van der Waals surface area contributed by atoms with Crippen LogP contribution in [0.2, 0.25) is 0 Å². The van der Waals surface area contributed by atoms with Gasteiger partial charge in [0.05, 0.1) is 27.8 Å². The predicted octanol–water partition coefficient (Wildman–Crippen LogP) is 14.2. The Bertz CT molecular complexity index is 3480. The third kappa shape index (κ3) is 4.74. The lowest BCUT2D eigenvalue weighted by atomic mass is 9.70. The first kappa shape index (κ1) is 35.5. The second-order valence-electron chi connectivity index (χ2n) is 16.3. The van der Waals surface area contributed by atoms with Gasteiger partial charge in [-0.1, -0.05) is 133 Å².